The summed E-state index contributed by atoms with van der Waals surface area (Å²) in [5, 5.41) is 0.328. The second-order valence-corrected chi connectivity index (χ2v) is 4.97. The molecule has 0 aromatic rings. The van der Waals surface area contributed by atoms with E-state index in [4.69, 9.17) is 16.3 Å². The third kappa shape index (κ3) is 3.41. The van der Waals surface area contributed by atoms with Crippen molar-refractivity contribution in [3.63, 3.8) is 0 Å². The molecule has 0 aromatic carbocycles. The van der Waals surface area contributed by atoms with Crippen LogP contribution in [0.5, 0.6) is 0 Å². The lowest BCUT2D eigenvalue weighted by Gasteiger charge is -2.37. The molecule has 0 amide bonds. The number of alkyl halides is 1. The quantitative estimate of drug-likeness (QED) is 0.674. The van der Waals surface area contributed by atoms with E-state index in [1.165, 1.54) is 13.0 Å². The van der Waals surface area contributed by atoms with E-state index in [0.717, 1.165) is 19.6 Å². The molecular formula is C11H22ClNO. The van der Waals surface area contributed by atoms with E-state index in [9.17, 15) is 0 Å². The first-order chi connectivity index (χ1) is 6.65. The van der Waals surface area contributed by atoms with Crippen LogP contribution >= 0.6 is 11.6 Å². The standard InChI is InChI=1S/C11H22ClNO/c1-9-4-6-13(8-11(9)12)10(2)5-7-14-3/h9-11H,4-8H2,1-3H3. The van der Waals surface area contributed by atoms with E-state index < -0.39 is 0 Å². The molecule has 14 heavy (non-hydrogen) atoms. The van der Waals surface area contributed by atoms with Gasteiger partial charge in [0.1, 0.15) is 0 Å². The summed E-state index contributed by atoms with van der Waals surface area (Å²) in [7, 11) is 1.76. The highest BCUT2D eigenvalue weighted by molar-refractivity contribution is 6.21. The molecule has 0 bridgehead atoms. The van der Waals surface area contributed by atoms with Crippen molar-refractivity contribution in [1.82, 2.24) is 4.90 Å². The number of rotatable bonds is 4. The monoisotopic (exact) mass is 219 g/mol. The average molecular weight is 220 g/mol. The third-order valence-corrected chi connectivity index (χ3v) is 3.83. The Kier molecular flexibility index (Phi) is 5.21. The van der Waals surface area contributed by atoms with Crippen LogP contribution in [-0.4, -0.2) is 43.1 Å². The minimum atomic E-state index is 0.328. The van der Waals surface area contributed by atoms with Crippen LogP contribution in [0.15, 0.2) is 0 Å². The molecule has 2 nitrogen and oxygen atoms in total. The zero-order chi connectivity index (χ0) is 10.6. The van der Waals surface area contributed by atoms with Crippen LogP contribution in [-0.2, 0) is 4.74 Å². The minimum absolute atomic E-state index is 0.328. The van der Waals surface area contributed by atoms with E-state index >= 15 is 0 Å². The molecule has 1 saturated heterocycles. The Labute approximate surface area is 92.6 Å². The fraction of sp³-hybridized carbons (Fsp3) is 1.00. The maximum atomic E-state index is 6.27. The van der Waals surface area contributed by atoms with Gasteiger partial charge in [-0.3, -0.25) is 4.90 Å². The van der Waals surface area contributed by atoms with E-state index in [0.29, 0.717) is 17.3 Å². The van der Waals surface area contributed by atoms with Gasteiger partial charge in [0.05, 0.1) is 0 Å². The first-order valence-electron chi connectivity index (χ1n) is 5.52. The van der Waals surface area contributed by atoms with Gasteiger partial charge < -0.3 is 4.74 Å². The molecule has 1 aliphatic heterocycles. The first-order valence-corrected chi connectivity index (χ1v) is 5.96. The highest BCUT2D eigenvalue weighted by atomic mass is 35.5. The fourth-order valence-electron chi connectivity index (χ4n) is 1.92. The number of ether oxygens (including phenoxy) is 1. The summed E-state index contributed by atoms with van der Waals surface area (Å²) in [5.41, 5.74) is 0. The fourth-order valence-corrected chi connectivity index (χ4v) is 2.22. The summed E-state index contributed by atoms with van der Waals surface area (Å²) in [5.74, 6) is 0.669. The lowest BCUT2D eigenvalue weighted by molar-refractivity contribution is 0.112. The Morgan fingerprint density at radius 3 is 2.86 bits per heavy atom. The van der Waals surface area contributed by atoms with Gasteiger partial charge in [0, 0.05) is 31.7 Å². The van der Waals surface area contributed by atoms with Crippen molar-refractivity contribution in [2.45, 2.75) is 38.1 Å². The zero-order valence-electron chi connectivity index (χ0n) is 9.50. The summed E-state index contributed by atoms with van der Waals surface area (Å²) in [6, 6.07) is 0.601. The normalized spacial score (nSPS) is 31.7. The predicted molar refractivity (Wildman–Crippen MR) is 61.0 cm³/mol. The Morgan fingerprint density at radius 1 is 1.57 bits per heavy atom. The van der Waals surface area contributed by atoms with Crippen LogP contribution < -0.4 is 0 Å². The van der Waals surface area contributed by atoms with E-state index in [-0.39, 0.29) is 0 Å². The van der Waals surface area contributed by atoms with Crippen molar-refractivity contribution < 1.29 is 4.74 Å². The summed E-state index contributed by atoms with van der Waals surface area (Å²) in [4.78, 5) is 2.48. The van der Waals surface area contributed by atoms with Crippen molar-refractivity contribution >= 4 is 11.6 Å². The molecular weight excluding hydrogens is 198 g/mol. The second-order valence-electron chi connectivity index (χ2n) is 4.41. The van der Waals surface area contributed by atoms with Crippen molar-refractivity contribution in [3.05, 3.63) is 0 Å². The maximum Gasteiger partial charge on any atom is 0.0489 e. The second kappa shape index (κ2) is 5.94. The summed E-state index contributed by atoms with van der Waals surface area (Å²) < 4.78 is 5.09. The molecule has 3 atom stereocenters. The molecule has 1 aliphatic rings. The molecule has 1 heterocycles. The smallest absolute Gasteiger partial charge is 0.0489 e. The van der Waals surface area contributed by atoms with E-state index in [1.54, 1.807) is 7.11 Å². The van der Waals surface area contributed by atoms with Crippen LogP contribution in [0.1, 0.15) is 26.7 Å². The molecule has 1 rings (SSSR count). The molecule has 0 N–H and O–H groups in total. The van der Waals surface area contributed by atoms with E-state index in [1.807, 2.05) is 0 Å². The Balaban J connectivity index is 2.30. The van der Waals surface area contributed by atoms with Crippen molar-refractivity contribution in [2.24, 2.45) is 5.92 Å². The van der Waals surface area contributed by atoms with Crippen molar-refractivity contribution in [3.8, 4) is 0 Å². The average Bonchev–Trinajstić information content (AvgIpc) is 2.18. The topological polar surface area (TPSA) is 12.5 Å². The number of methoxy groups -OCH3 is 1. The number of piperidine rings is 1. The molecule has 84 valence electrons. The van der Waals surface area contributed by atoms with Gasteiger partial charge in [0.15, 0.2) is 0 Å². The molecule has 0 saturated carbocycles. The molecule has 0 radical (unpaired) electrons. The van der Waals surface area contributed by atoms with Crippen LogP contribution in [0.4, 0.5) is 0 Å². The van der Waals surface area contributed by atoms with Gasteiger partial charge in [0.2, 0.25) is 0 Å². The number of likely N-dealkylation sites (tertiary alicyclic amines) is 1. The molecule has 1 fully saturated rings. The SMILES string of the molecule is COCCC(C)N1CCC(C)C(Cl)C1. The van der Waals surface area contributed by atoms with Crippen LogP contribution in [0.25, 0.3) is 0 Å². The molecule has 3 heteroatoms. The van der Waals surface area contributed by atoms with Gasteiger partial charge >= 0.3 is 0 Å². The largest absolute Gasteiger partial charge is 0.385 e. The Morgan fingerprint density at radius 2 is 2.29 bits per heavy atom. The highest BCUT2D eigenvalue weighted by Crippen LogP contribution is 2.23. The Hall–Kier alpha value is 0.210. The summed E-state index contributed by atoms with van der Waals surface area (Å²) >= 11 is 6.27. The van der Waals surface area contributed by atoms with Gasteiger partial charge in [0.25, 0.3) is 0 Å². The maximum absolute atomic E-state index is 6.27. The van der Waals surface area contributed by atoms with Gasteiger partial charge in [-0.1, -0.05) is 6.92 Å². The van der Waals surface area contributed by atoms with Crippen LogP contribution in [0, 0.1) is 5.92 Å². The number of hydrogen-bond donors (Lipinski definition) is 0. The molecule has 0 aliphatic carbocycles. The van der Waals surface area contributed by atoms with Crippen LogP contribution in [0.2, 0.25) is 0 Å². The van der Waals surface area contributed by atoms with Gasteiger partial charge in [-0.2, -0.15) is 0 Å². The number of hydrogen-bond acceptors (Lipinski definition) is 2. The minimum Gasteiger partial charge on any atom is -0.385 e. The number of halogens is 1. The lowest BCUT2D eigenvalue weighted by atomic mass is 9.97. The molecule has 0 spiro atoms. The Bertz CT molecular complexity index is 165. The first kappa shape index (κ1) is 12.3. The van der Waals surface area contributed by atoms with Crippen molar-refractivity contribution in [1.29, 1.82) is 0 Å². The predicted octanol–water partition coefficient (Wildman–Crippen LogP) is 2.36. The van der Waals surface area contributed by atoms with Crippen molar-refractivity contribution in [2.75, 3.05) is 26.8 Å². The van der Waals surface area contributed by atoms with Gasteiger partial charge in [-0.05, 0) is 32.2 Å². The summed E-state index contributed by atoms with van der Waals surface area (Å²) in [6.07, 6.45) is 2.33. The zero-order valence-corrected chi connectivity index (χ0v) is 10.3. The lowest BCUT2D eigenvalue weighted by Crippen LogP contribution is -2.45. The third-order valence-electron chi connectivity index (χ3n) is 3.26. The highest BCUT2D eigenvalue weighted by Gasteiger charge is 2.26. The molecule has 0 aromatic heterocycles. The van der Waals surface area contributed by atoms with Gasteiger partial charge in [-0.25, -0.2) is 0 Å². The molecule has 3 unspecified atom stereocenters. The number of nitrogens with zero attached hydrogens (tertiary/aromatic N) is 1. The summed E-state index contributed by atoms with van der Waals surface area (Å²) in [6.45, 7) is 7.58. The van der Waals surface area contributed by atoms with Crippen LogP contribution in [0.3, 0.4) is 0 Å². The van der Waals surface area contributed by atoms with E-state index in [2.05, 4.69) is 18.7 Å². The van der Waals surface area contributed by atoms with Gasteiger partial charge in [-0.15, -0.1) is 11.6 Å².